The highest BCUT2D eigenvalue weighted by Gasteiger charge is 2.61. The van der Waals surface area contributed by atoms with Gasteiger partial charge in [0.1, 0.15) is 0 Å². The van der Waals surface area contributed by atoms with Crippen LogP contribution in [0, 0.1) is 0 Å². The van der Waals surface area contributed by atoms with Crippen LogP contribution in [0.4, 0.5) is 16.2 Å². The average molecular weight is 393 g/mol. The molecule has 6 heteroatoms. The lowest BCUT2D eigenvalue weighted by Gasteiger charge is -2.48. The molecule has 3 N–H and O–H groups in total. The zero-order chi connectivity index (χ0) is 20.5. The zero-order valence-corrected chi connectivity index (χ0v) is 16.5. The fourth-order valence-corrected chi connectivity index (χ4v) is 5.05. The Morgan fingerprint density at radius 3 is 2.07 bits per heavy atom. The van der Waals surface area contributed by atoms with Crippen LogP contribution in [0.5, 0.6) is 0 Å². The number of carboxylic acids is 1. The maximum atomic E-state index is 13.7. The van der Waals surface area contributed by atoms with E-state index in [0.29, 0.717) is 13.0 Å². The summed E-state index contributed by atoms with van der Waals surface area (Å²) in [5, 5.41) is 9.46. The number of aliphatic carboxylic acids is 1. The second-order valence-corrected chi connectivity index (χ2v) is 8.16. The van der Waals surface area contributed by atoms with Crippen molar-refractivity contribution in [1.82, 2.24) is 0 Å². The quantitative estimate of drug-likeness (QED) is 0.776. The summed E-state index contributed by atoms with van der Waals surface area (Å²) in [4.78, 5) is 28.8. The summed E-state index contributed by atoms with van der Waals surface area (Å²) in [5.74, 6) is -0.871. The van der Waals surface area contributed by atoms with Crippen molar-refractivity contribution in [2.75, 3.05) is 16.3 Å². The number of carbonyl (C=O) groups is 2. The molecule has 0 bridgehead atoms. The number of anilines is 2. The molecule has 1 atom stereocenters. The molecular formula is C23H27N3O3. The molecule has 2 aliphatic rings. The van der Waals surface area contributed by atoms with Crippen LogP contribution < -0.4 is 15.5 Å². The van der Waals surface area contributed by atoms with Crippen molar-refractivity contribution in [3.05, 3.63) is 60.7 Å². The lowest BCUT2D eigenvalue weighted by molar-refractivity contribution is -0.137. The fraction of sp³-hybridized carbons (Fsp3) is 0.391. The first kappa shape index (κ1) is 19.5. The molecule has 1 heterocycles. The molecular weight excluding hydrogens is 366 g/mol. The Morgan fingerprint density at radius 1 is 0.966 bits per heavy atom. The van der Waals surface area contributed by atoms with Crippen LogP contribution in [0.25, 0.3) is 0 Å². The summed E-state index contributed by atoms with van der Waals surface area (Å²) in [6.07, 6.45) is 3.85. The van der Waals surface area contributed by atoms with Gasteiger partial charge < -0.3 is 10.8 Å². The van der Waals surface area contributed by atoms with Crippen molar-refractivity contribution in [1.29, 1.82) is 0 Å². The summed E-state index contributed by atoms with van der Waals surface area (Å²) in [6.45, 7) is 0.383. The Hall–Kier alpha value is -2.86. The van der Waals surface area contributed by atoms with Crippen molar-refractivity contribution in [3.63, 3.8) is 0 Å². The van der Waals surface area contributed by atoms with E-state index in [-0.39, 0.29) is 12.5 Å². The number of para-hydroxylation sites is 2. The molecule has 29 heavy (non-hydrogen) atoms. The third-order valence-corrected chi connectivity index (χ3v) is 6.53. The van der Waals surface area contributed by atoms with Crippen LogP contribution in [-0.4, -0.2) is 34.7 Å². The fourth-order valence-electron chi connectivity index (χ4n) is 5.05. The van der Waals surface area contributed by atoms with Crippen molar-refractivity contribution >= 4 is 23.4 Å². The second kappa shape index (κ2) is 7.52. The SMILES string of the molecule is NC1(C2(CCC(=O)O)CN(c3ccccc3)C(=O)N2c2ccccc2)CCCC1. The van der Waals surface area contributed by atoms with Gasteiger partial charge in [-0.1, -0.05) is 49.2 Å². The molecule has 4 rings (SSSR count). The number of urea groups is 1. The van der Waals surface area contributed by atoms with Crippen molar-refractivity contribution < 1.29 is 14.7 Å². The maximum Gasteiger partial charge on any atom is 0.329 e. The lowest BCUT2D eigenvalue weighted by Crippen LogP contribution is -2.67. The van der Waals surface area contributed by atoms with Gasteiger partial charge in [-0.2, -0.15) is 0 Å². The number of carbonyl (C=O) groups excluding carboxylic acids is 1. The molecule has 1 unspecified atom stereocenters. The van der Waals surface area contributed by atoms with Crippen LogP contribution in [0.15, 0.2) is 60.7 Å². The first-order valence-electron chi connectivity index (χ1n) is 10.2. The van der Waals surface area contributed by atoms with E-state index in [0.717, 1.165) is 37.1 Å². The predicted octanol–water partition coefficient (Wildman–Crippen LogP) is 4.01. The molecule has 6 nitrogen and oxygen atoms in total. The molecule has 1 saturated heterocycles. The number of benzene rings is 2. The lowest BCUT2D eigenvalue weighted by atomic mass is 9.72. The molecule has 2 aromatic rings. The van der Waals surface area contributed by atoms with E-state index in [1.807, 2.05) is 60.7 Å². The number of nitrogens with two attached hydrogens (primary N) is 1. The Balaban J connectivity index is 1.86. The highest BCUT2D eigenvalue weighted by molar-refractivity contribution is 6.08. The summed E-state index contributed by atoms with van der Waals surface area (Å²) < 4.78 is 0. The van der Waals surface area contributed by atoms with Gasteiger partial charge in [-0.3, -0.25) is 14.6 Å². The molecule has 0 radical (unpaired) electrons. The van der Waals surface area contributed by atoms with E-state index in [1.165, 1.54) is 0 Å². The molecule has 0 spiro atoms. The number of hydrogen-bond acceptors (Lipinski definition) is 3. The van der Waals surface area contributed by atoms with Gasteiger partial charge >= 0.3 is 12.0 Å². The van der Waals surface area contributed by atoms with Crippen LogP contribution in [0.2, 0.25) is 0 Å². The monoisotopic (exact) mass is 393 g/mol. The van der Waals surface area contributed by atoms with Gasteiger partial charge in [0.2, 0.25) is 0 Å². The predicted molar refractivity (Wildman–Crippen MR) is 113 cm³/mol. The second-order valence-electron chi connectivity index (χ2n) is 8.16. The highest BCUT2D eigenvalue weighted by atomic mass is 16.4. The normalized spacial score (nSPS) is 23.6. The Bertz CT molecular complexity index is 881. The molecule has 1 aliphatic carbocycles. The number of carboxylic acid groups (broad SMARTS) is 1. The summed E-state index contributed by atoms with van der Waals surface area (Å²) in [6, 6.07) is 18.9. The Kier molecular flexibility index (Phi) is 5.04. The first-order chi connectivity index (χ1) is 14.0. The number of hydrogen-bond donors (Lipinski definition) is 2. The molecule has 1 saturated carbocycles. The third kappa shape index (κ3) is 3.27. The van der Waals surface area contributed by atoms with Gasteiger partial charge in [0, 0.05) is 23.3 Å². The topological polar surface area (TPSA) is 86.9 Å². The largest absolute Gasteiger partial charge is 0.481 e. The van der Waals surface area contributed by atoms with Gasteiger partial charge in [0.05, 0.1) is 12.1 Å². The molecule has 0 aromatic heterocycles. The van der Waals surface area contributed by atoms with Crippen molar-refractivity contribution in [3.8, 4) is 0 Å². The van der Waals surface area contributed by atoms with Crippen LogP contribution in [0.3, 0.4) is 0 Å². The van der Waals surface area contributed by atoms with E-state index in [4.69, 9.17) is 5.73 Å². The third-order valence-electron chi connectivity index (χ3n) is 6.53. The smallest absolute Gasteiger partial charge is 0.329 e. The summed E-state index contributed by atoms with van der Waals surface area (Å²) in [5.41, 5.74) is 7.16. The molecule has 2 amide bonds. The Morgan fingerprint density at radius 2 is 1.52 bits per heavy atom. The van der Waals surface area contributed by atoms with Crippen molar-refractivity contribution in [2.45, 2.75) is 49.6 Å². The van der Waals surface area contributed by atoms with Gasteiger partial charge in [-0.05, 0) is 43.5 Å². The molecule has 2 aromatic carbocycles. The number of amides is 2. The van der Waals surface area contributed by atoms with Gasteiger partial charge in [-0.25, -0.2) is 4.79 Å². The zero-order valence-electron chi connectivity index (χ0n) is 16.5. The number of rotatable bonds is 6. The minimum Gasteiger partial charge on any atom is -0.481 e. The molecule has 2 fully saturated rings. The number of nitrogens with zero attached hydrogens (tertiary/aromatic N) is 2. The maximum absolute atomic E-state index is 13.7. The molecule has 1 aliphatic heterocycles. The standard InChI is InChI=1S/C23H27N3O3/c24-22(14-7-8-15-22)23(16-13-20(27)28)17-25(18-9-3-1-4-10-18)21(29)26(23)19-11-5-2-6-12-19/h1-6,9-12H,7-8,13-17,24H2,(H,27,28). The van der Waals surface area contributed by atoms with Crippen molar-refractivity contribution in [2.24, 2.45) is 5.73 Å². The van der Waals surface area contributed by atoms with Gasteiger partial charge in [0.25, 0.3) is 0 Å². The van der Waals surface area contributed by atoms with E-state index in [1.54, 1.807) is 9.80 Å². The van der Waals surface area contributed by atoms with Crippen LogP contribution in [0.1, 0.15) is 38.5 Å². The molecule has 152 valence electrons. The van der Waals surface area contributed by atoms with E-state index >= 15 is 0 Å². The van der Waals surface area contributed by atoms with E-state index < -0.39 is 17.0 Å². The average Bonchev–Trinajstić information content (AvgIpc) is 3.31. The summed E-state index contributed by atoms with van der Waals surface area (Å²) in [7, 11) is 0. The first-order valence-corrected chi connectivity index (χ1v) is 10.2. The van der Waals surface area contributed by atoms with Crippen LogP contribution in [-0.2, 0) is 4.79 Å². The van der Waals surface area contributed by atoms with Gasteiger partial charge in [-0.15, -0.1) is 0 Å². The highest BCUT2D eigenvalue weighted by Crippen LogP contribution is 2.49. The van der Waals surface area contributed by atoms with E-state index in [2.05, 4.69) is 0 Å². The van der Waals surface area contributed by atoms with Gasteiger partial charge in [0.15, 0.2) is 0 Å². The van der Waals surface area contributed by atoms with Crippen LogP contribution >= 0.6 is 0 Å². The summed E-state index contributed by atoms with van der Waals surface area (Å²) >= 11 is 0. The van der Waals surface area contributed by atoms with E-state index in [9.17, 15) is 14.7 Å². The Labute approximate surface area is 170 Å². The minimum atomic E-state index is -0.871. The minimum absolute atomic E-state index is 0.0296.